The van der Waals surface area contributed by atoms with Crippen molar-refractivity contribution >= 4 is 28.8 Å². The first-order valence-electron chi connectivity index (χ1n) is 13.7. The molecule has 0 spiro atoms. The largest absolute Gasteiger partial charge is 0.492 e. The minimum Gasteiger partial charge on any atom is -0.492 e. The monoisotopic (exact) mass is 616 g/mol. The van der Waals surface area contributed by atoms with Crippen LogP contribution in [0.1, 0.15) is 30.9 Å². The van der Waals surface area contributed by atoms with Gasteiger partial charge in [0.25, 0.3) is 0 Å². The number of ether oxygens (including phenoxy) is 2. The number of sulfonamides is 1. The predicted octanol–water partition coefficient (Wildman–Crippen LogP) is 2.92. The minimum absolute atomic E-state index is 0.000310. The van der Waals surface area contributed by atoms with Crippen LogP contribution in [0.5, 0.6) is 11.5 Å². The van der Waals surface area contributed by atoms with Crippen LogP contribution in [0.2, 0.25) is 0 Å². The Labute approximate surface area is 246 Å². The van der Waals surface area contributed by atoms with E-state index < -0.39 is 23.7 Å². The second-order valence-corrected chi connectivity index (χ2v) is 13.4. The SMILES string of the molecule is CCOP(=O)(O)c1ccc(S(=O)(=O)N[C@H](COc2cccc(C(=N)N)c2)Cc2ccc(OC3CCNCC3)cc2)cc1. The number of nitrogens with two attached hydrogens (primary N) is 1. The molecule has 1 unspecified atom stereocenters. The first-order chi connectivity index (χ1) is 20.1. The third kappa shape index (κ3) is 8.87. The van der Waals surface area contributed by atoms with Gasteiger partial charge in [-0.1, -0.05) is 24.3 Å². The van der Waals surface area contributed by atoms with E-state index in [0.29, 0.717) is 17.7 Å². The number of rotatable bonds is 14. The number of hydrogen-bond acceptors (Lipinski definition) is 8. The Balaban J connectivity index is 1.50. The smallest absolute Gasteiger partial charge is 0.358 e. The van der Waals surface area contributed by atoms with Crippen molar-refractivity contribution in [3.63, 3.8) is 0 Å². The lowest BCUT2D eigenvalue weighted by molar-refractivity contribution is 0.162. The van der Waals surface area contributed by atoms with E-state index in [1.165, 1.54) is 24.3 Å². The van der Waals surface area contributed by atoms with Crippen LogP contribution in [-0.4, -0.2) is 57.6 Å². The van der Waals surface area contributed by atoms with Crippen molar-refractivity contribution in [2.75, 3.05) is 26.3 Å². The average Bonchev–Trinajstić information content (AvgIpc) is 2.97. The second kappa shape index (κ2) is 14.3. The molecule has 42 heavy (non-hydrogen) atoms. The van der Waals surface area contributed by atoms with Crippen molar-refractivity contribution in [2.45, 2.75) is 43.2 Å². The zero-order valence-electron chi connectivity index (χ0n) is 23.4. The number of nitrogen functional groups attached to an aromatic ring is 1. The summed E-state index contributed by atoms with van der Waals surface area (Å²) in [6.07, 6.45) is 2.36. The quantitative estimate of drug-likeness (QED) is 0.104. The summed E-state index contributed by atoms with van der Waals surface area (Å²) in [7, 11) is -8.07. The zero-order chi connectivity index (χ0) is 30.2. The Morgan fingerprint density at radius 2 is 1.79 bits per heavy atom. The predicted molar refractivity (Wildman–Crippen MR) is 161 cm³/mol. The van der Waals surface area contributed by atoms with Crippen molar-refractivity contribution in [1.29, 1.82) is 5.41 Å². The molecule has 0 saturated carbocycles. The van der Waals surface area contributed by atoms with Crippen LogP contribution in [0.3, 0.4) is 0 Å². The van der Waals surface area contributed by atoms with E-state index in [-0.39, 0.29) is 35.4 Å². The van der Waals surface area contributed by atoms with Gasteiger partial charge in [0, 0.05) is 5.56 Å². The van der Waals surface area contributed by atoms with E-state index in [1.807, 2.05) is 24.3 Å². The molecule has 1 aliphatic heterocycles. The van der Waals surface area contributed by atoms with E-state index in [0.717, 1.165) is 37.2 Å². The molecule has 13 heteroatoms. The molecule has 2 atom stereocenters. The van der Waals surface area contributed by atoms with Gasteiger partial charge in [0.15, 0.2) is 0 Å². The van der Waals surface area contributed by atoms with Crippen molar-refractivity contribution in [2.24, 2.45) is 5.73 Å². The normalized spacial score (nSPS) is 16.3. The van der Waals surface area contributed by atoms with Crippen molar-refractivity contribution in [3.8, 4) is 11.5 Å². The number of amidine groups is 1. The fraction of sp³-hybridized carbons (Fsp3) is 0.345. The van der Waals surface area contributed by atoms with Crippen LogP contribution in [0.4, 0.5) is 0 Å². The summed E-state index contributed by atoms with van der Waals surface area (Å²) in [6, 6.07) is 18.6. The van der Waals surface area contributed by atoms with E-state index in [1.54, 1.807) is 31.2 Å². The number of piperidine rings is 1. The molecule has 4 rings (SSSR count). The average molecular weight is 617 g/mol. The highest BCUT2D eigenvalue weighted by molar-refractivity contribution is 7.89. The standard InChI is InChI=1S/C29H37N4O7PS/c1-2-39-41(34,35)27-10-12-28(13-11-27)42(36,37)33-23(20-38-26-5-3-4-22(19-26)29(30)31)18-21-6-8-24(9-7-21)40-25-14-16-32-17-15-25/h3-13,19,23,25,32-33H,2,14-18,20H2,1H3,(H3,30,31)(H,34,35)/t23-/m0/s1. The van der Waals surface area contributed by atoms with Crippen LogP contribution in [0.25, 0.3) is 0 Å². The third-order valence-electron chi connectivity index (χ3n) is 6.69. The Morgan fingerprint density at radius 1 is 1.10 bits per heavy atom. The third-order valence-corrected chi connectivity index (χ3v) is 9.79. The van der Waals surface area contributed by atoms with Gasteiger partial charge < -0.3 is 29.9 Å². The molecule has 0 aromatic heterocycles. The highest BCUT2D eigenvalue weighted by atomic mass is 32.2. The Kier molecular flexibility index (Phi) is 10.8. The van der Waals surface area contributed by atoms with Crippen LogP contribution >= 0.6 is 7.60 Å². The lowest BCUT2D eigenvalue weighted by Gasteiger charge is -2.24. The summed E-state index contributed by atoms with van der Waals surface area (Å²) in [4.78, 5) is 9.98. The molecule has 0 aliphatic carbocycles. The number of benzene rings is 3. The van der Waals surface area contributed by atoms with Gasteiger partial charge in [-0.05, 0) is 93.4 Å². The second-order valence-electron chi connectivity index (χ2n) is 9.92. The van der Waals surface area contributed by atoms with E-state index in [9.17, 15) is 17.9 Å². The summed E-state index contributed by atoms with van der Waals surface area (Å²) < 4.78 is 58.6. The number of hydrogen-bond donors (Lipinski definition) is 5. The fourth-order valence-electron chi connectivity index (χ4n) is 4.53. The summed E-state index contributed by atoms with van der Waals surface area (Å²) >= 11 is 0. The molecular weight excluding hydrogens is 579 g/mol. The van der Waals surface area contributed by atoms with Gasteiger partial charge in [-0.15, -0.1) is 0 Å². The summed E-state index contributed by atoms with van der Waals surface area (Å²) in [5.74, 6) is 1.09. The molecule has 1 heterocycles. The van der Waals surface area contributed by atoms with Gasteiger partial charge in [0.2, 0.25) is 10.0 Å². The van der Waals surface area contributed by atoms with Gasteiger partial charge in [-0.25, -0.2) is 13.1 Å². The zero-order valence-corrected chi connectivity index (χ0v) is 25.1. The summed E-state index contributed by atoms with van der Waals surface area (Å²) in [5, 5.41) is 11.0. The van der Waals surface area contributed by atoms with Crippen LogP contribution < -0.4 is 30.6 Å². The van der Waals surface area contributed by atoms with Gasteiger partial charge in [0.1, 0.15) is 30.0 Å². The summed E-state index contributed by atoms with van der Waals surface area (Å²) in [5.41, 5.74) is 6.95. The summed E-state index contributed by atoms with van der Waals surface area (Å²) in [6.45, 7) is 3.47. The molecule has 226 valence electrons. The Morgan fingerprint density at radius 3 is 2.43 bits per heavy atom. The fourth-order valence-corrected chi connectivity index (χ4v) is 6.78. The van der Waals surface area contributed by atoms with Crippen molar-refractivity contribution in [1.82, 2.24) is 10.0 Å². The Hall–Kier alpha value is -3.25. The maximum atomic E-state index is 13.4. The molecular formula is C29H37N4O7PS. The molecule has 11 nitrogen and oxygen atoms in total. The van der Waals surface area contributed by atoms with E-state index in [4.69, 9.17) is 25.1 Å². The topological polar surface area (TPSA) is 173 Å². The maximum Gasteiger partial charge on any atom is 0.358 e. The molecule has 1 aliphatic rings. The van der Waals surface area contributed by atoms with E-state index in [2.05, 4.69) is 10.0 Å². The molecule has 3 aromatic rings. The highest BCUT2D eigenvalue weighted by Crippen LogP contribution is 2.40. The minimum atomic E-state index is -4.04. The van der Waals surface area contributed by atoms with Crippen molar-refractivity contribution in [3.05, 3.63) is 83.9 Å². The maximum absolute atomic E-state index is 13.4. The Bertz CT molecular complexity index is 1500. The molecule has 0 bridgehead atoms. The highest BCUT2D eigenvalue weighted by Gasteiger charge is 2.25. The number of nitrogens with one attached hydrogen (secondary N) is 3. The molecule has 0 radical (unpaired) electrons. The van der Waals surface area contributed by atoms with Gasteiger partial charge in [0.05, 0.1) is 22.8 Å². The van der Waals surface area contributed by atoms with Crippen LogP contribution in [0, 0.1) is 5.41 Å². The van der Waals surface area contributed by atoms with Gasteiger partial charge >= 0.3 is 7.60 Å². The van der Waals surface area contributed by atoms with E-state index >= 15 is 0 Å². The first kappa shape index (κ1) is 31.7. The van der Waals surface area contributed by atoms with Crippen molar-refractivity contribution < 1.29 is 31.9 Å². The van der Waals surface area contributed by atoms with Crippen LogP contribution in [-0.2, 0) is 25.5 Å². The van der Waals surface area contributed by atoms with Gasteiger partial charge in [-0.3, -0.25) is 9.97 Å². The van der Waals surface area contributed by atoms with Gasteiger partial charge in [-0.2, -0.15) is 0 Å². The molecule has 1 fully saturated rings. The molecule has 1 saturated heterocycles. The lowest BCUT2D eigenvalue weighted by atomic mass is 10.1. The lowest BCUT2D eigenvalue weighted by Crippen LogP contribution is -2.40. The molecule has 0 amide bonds. The van der Waals surface area contributed by atoms with Crippen LogP contribution in [0.15, 0.2) is 77.7 Å². The molecule has 3 aromatic carbocycles. The molecule has 6 N–H and O–H groups in total. The first-order valence-corrected chi connectivity index (χ1v) is 16.8.